The van der Waals surface area contributed by atoms with Gasteiger partial charge in [-0.25, -0.2) is 0 Å². The summed E-state index contributed by atoms with van der Waals surface area (Å²) in [7, 11) is 0. The SMILES string of the molecule is C=C(/C(C)=C\C(C)=C/C)c1ccc(O)cc1. The molecule has 1 rings (SSSR count). The lowest BCUT2D eigenvalue weighted by atomic mass is 9.99. The molecule has 0 unspecified atom stereocenters. The van der Waals surface area contributed by atoms with Crippen molar-refractivity contribution in [2.45, 2.75) is 20.8 Å². The first-order valence-corrected chi connectivity index (χ1v) is 5.34. The molecule has 0 spiro atoms. The van der Waals surface area contributed by atoms with Gasteiger partial charge in [-0.3, -0.25) is 0 Å². The highest BCUT2D eigenvalue weighted by molar-refractivity contribution is 5.77. The lowest BCUT2D eigenvalue weighted by Crippen LogP contribution is -1.85. The van der Waals surface area contributed by atoms with Crippen molar-refractivity contribution in [3.63, 3.8) is 0 Å². The highest BCUT2D eigenvalue weighted by Gasteiger charge is 2.01. The molecular formula is C15H18O. The second-order valence-corrected chi connectivity index (χ2v) is 3.89. The van der Waals surface area contributed by atoms with Crippen molar-refractivity contribution in [3.05, 3.63) is 59.7 Å². The van der Waals surface area contributed by atoms with Gasteiger partial charge >= 0.3 is 0 Å². The van der Waals surface area contributed by atoms with E-state index in [1.54, 1.807) is 12.1 Å². The monoisotopic (exact) mass is 214 g/mol. The average molecular weight is 214 g/mol. The molecule has 16 heavy (non-hydrogen) atoms. The number of phenols is 1. The van der Waals surface area contributed by atoms with Crippen LogP contribution in [0.15, 0.2) is 54.1 Å². The van der Waals surface area contributed by atoms with Gasteiger partial charge in [0.25, 0.3) is 0 Å². The van der Waals surface area contributed by atoms with Crippen molar-refractivity contribution in [2.24, 2.45) is 0 Å². The van der Waals surface area contributed by atoms with Gasteiger partial charge in [0.2, 0.25) is 0 Å². The fourth-order valence-corrected chi connectivity index (χ4v) is 1.40. The normalized spacial score (nSPS) is 12.7. The van der Waals surface area contributed by atoms with E-state index in [2.05, 4.69) is 25.7 Å². The van der Waals surface area contributed by atoms with Gasteiger partial charge in [0, 0.05) is 0 Å². The maximum atomic E-state index is 9.21. The van der Waals surface area contributed by atoms with Gasteiger partial charge in [-0.2, -0.15) is 0 Å². The molecule has 1 aromatic rings. The zero-order valence-electron chi connectivity index (χ0n) is 10.1. The molecule has 0 amide bonds. The summed E-state index contributed by atoms with van der Waals surface area (Å²) in [5, 5.41) is 9.21. The highest BCUT2D eigenvalue weighted by atomic mass is 16.3. The largest absolute Gasteiger partial charge is 0.508 e. The molecule has 0 saturated carbocycles. The molecule has 1 heteroatoms. The van der Waals surface area contributed by atoms with Crippen molar-refractivity contribution in [3.8, 4) is 5.75 Å². The molecule has 1 nitrogen and oxygen atoms in total. The molecule has 1 N–H and O–H groups in total. The third-order valence-corrected chi connectivity index (χ3v) is 2.59. The van der Waals surface area contributed by atoms with Gasteiger partial charge in [0.05, 0.1) is 0 Å². The number of rotatable bonds is 3. The predicted molar refractivity (Wildman–Crippen MR) is 70.3 cm³/mol. The Balaban J connectivity index is 2.94. The van der Waals surface area contributed by atoms with Crippen molar-refractivity contribution in [2.75, 3.05) is 0 Å². The van der Waals surface area contributed by atoms with E-state index in [0.29, 0.717) is 0 Å². The Bertz CT molecular complexity index is 433. The lowest BCUT2D eigenvalue weighted by molar-refractivity contribution is 0.475. The van der Waals surface area contributed by atoms with E-state index in [0.717, 1.165) is 16.7 Å². The first-order chi connectivity index (χ1) is 7.54. The van der Waals surface area contributed by atoms with Crippen LogP contribution in [0.5, 0.6) is 5.75 Å². The van der Waals surface area contributed by atoms with Crippen LogP contribution in [0.25, 0.3) is 5.57 Å². The molecule has 0 atom stereocenters. The topological polar surface area (TPSA) is 20.2 Å². The van der Waals surface area contributed by atoms with Crippen LogP contribution in [0.1, 0.15) is 26.3 Å². The van der Waals surface area contributed by atoms with E-state index >= 15 is 0 Å². The molecule has 1 aromatic carbocycles. The predicted octanol–water partition coefficient (Wildman–Crippen LogP) is 4.32. The number of hydrogen-bond donors (Lipinski definition) is 1. The van der Waals surface area contributed by atoms with Gasteiger partial charge < -0.3 is 5.11 Å². The Morgan fingerprint density at radius 3 is 2.25 bits per heavy atom. The molecule has 0 fully saturated rings. The average Bonchev–Trinajstić information content (AvgIpc) is 2.28. The molecule has 0 aliphatic rings. The molecule has 84 valence electrons. The second-order valence-electron chi connectivity index (χ2n) is 3.89. The summed E-state index contributed by atoms with van der Waals surface area (Å²) >= 11 is 0. The number of phenolic OH excluding ortho intramolecular Hbond substituents is 1. The van der Waals surface area contributed by atoms with Gasteiger partial charge in [-0.15, -0.1) is 0 Å². The van der Waals surface area contributed by atoms with Crippen LogP contribution in [0.3, 0.4) is 0 Å². The minimum Gasteiger partial charge on any atom is -0.508 e. The molecule has 0 heterocycles. The van der Waals surface area contributed by atoms with Crippen LogP contribution in [0, 0.1) is 0 Å². The van der Waals surface area contributed by atoms with Crippen LogP contribution >= 0.6 is 0 Å². The van der Waals surface area contributed by atoms with Crippen LogP contribution in [0.2, 0.25) is 0 Å². The molecule has 0 aromatic heterocycles. The lowest BCUT2D eigenvalue weighted by Gasteiger charge is -2.07. The zero-order chi connectivity index (χ0) is 12.1. The van der Waals surface area contributed by atoms with Gasteiger partial charge in [0.1, 0.15) is 5.75 Å². The zero-order valence-corrected chi connectivity index (χ0v) is 10.1. The summed E-state index contributed by atoms with van der Waals surface area (Å²) in [4.78, 5) is 0. The fraction of sp³-hybridized carbons (Fsp3) is 0.200. The van der Waals surface area contributed by atoms with Crippen molar-refractivity contribution in [1.82, 2.24) is 0 Å². The summed E-state index contributed by atoms with van der Waals surface area (Å²) in [5.74, 6) is 0.280. The van der Waals surface area contributed by atoms with Gasteiger partial charge in [0.15, 0.2) is 0 Å². The fourth-order valence-electron chi connectivity index (χ4n) is 1.40. The van der Waals surface area contributed by atoms with E-state index < -0.39 is 0 Å². The summed E-state index contributed by atoms with van der Waals surface area (Å²) in [6, 6.07) is 7.10. The Morgan fingerprint density at radius 2 is 1.75 bits per heavy atom. The molecule has 0 radical (unpaired) electrons. The minimum atomic E-state index is 0.280. The smallest absolute Gasteiger partial charge is 0.115 e. The Kier molecular flexibility index (Phi) is 4.12. The van der Waals surface area contributed by atoms with Crippen molar-refractivity contribution in [1.29, 1.82) is 0 Å². The summed E-state index contributed by atoms with van der Waals surface area (Å²) in [6.45, 7) is 10.2. The number of benzene rings is 1. The maximum Gasteiger partial charge on any atom is 0.115 e. The Hall–Kier alpha value is -1.76. The third kappa shape index (κ3) is 3.13. The van der Waals surface area contributed by atoms with Crippen molar-refractivity contribution < 1.29 is 5.11 Å². The molecule has 0 saturated heterocycles. The Morgan fingerprint density at radius 1 is 1.19 bits per heavy atom. The number of aromatic hydroxyl groups is 1. The van der Waals surface area contributed by atoms with E-state index in [4.69, 9.17) is 0 Å². The van der Waals surface area contributed by atoms with E-state index in [9.17, 15) is 5.11 Å². The first kappa shape index (κ1) is 12.3. The first-order valence-electron chi connectivity index (χ1n) is 5.34. The Labute approximate surface area is 97.4 Å². The standard InChI is InChI=1S/C15H18O/c1-5-11(2)10-12(3)13(4)14-6-8-15(16)9-7-14/h5-10,16H,4H2,1-3H3/b11-5-,12-10-. The van der Waals surface area contributed by atoms with Crippen LogP contribution in [-0.4, -0.2) is 5.11 Å². The summed E-state index contributed by atoms with van der Waals surface area (Å²) in [6.07, 6.45) is 4.17. The molecule has 0 bridgehead atoms. The number of hydrogen-bond acceptors (Lipinski definition) is 1. The van der Waals surface area contributed by atoms with Gasteiger partial charge in [-0.1, -0.05) is 36.4 Å². The van der Waals surface area contributed by atoms with E-state index in [1.165, 1.54) is 5.57 Å². The summed E-state index contributed by atoms with van der Waals surface area (Å²) < 4.78 is 0. The van der Waals surface area contributed by atoms with E-state index in [-0.39, 0.29) is 5.75 Å². The molecule has 0 aliphatic heterocycles. The highest BCUT2D eigenvalue weighted by Crippen LogP contribution is 2.23. The third-order valence-electron chi connectivity index (χ3n) is 2.59. The quantitative estimate of drug-likeness (QED) is 0.743. The molecular weight excluding hydrogens is 196 g/mol. The minimum absolute atomic E-state index is 0.280. The van der Waals surface area contributed by atoms with Crippen LogP contribution in [-0.2, 0) is 0 Å². The molecule has 0 aliphatic carbocycles. The van der Waals surface area contributed by atoms with E-state index in [1.807, 2.05) is 26.0 Å². The summed E-state index contributed by atoms with van der Waals surface area (Å²) in [5.41, 5.74) is 4.38. The van der Waals surface area contributed by atoms with Crippen LogP contribution in [0.4, 0.5) is 0 Å². The van der Waals surface area contributed by atoms with Crippen molar-refractivity contribution >= 4 is 5.57 Å². The maximum absolute atomic E-state index is 9.21. The van der Waals surface area contributed by atoms with Gasteiger partial charge in [-0.05, 0) is 49.6 Å². The van der Waals surface area contributed by atoms with Crippen LogP contribution < -0.4 is 0 Å². The second kappa shape index (κ2) is 5.36. The number of allylic oxidation sites excluding steroid dienone is 5.